The van der Waals surface area contributed by atoms with Crippen molar-refractivity contribution >= 4 is 17.1 Å². The molecule has 1 aromatic heterocycles. The van der Waals surface area contributed by atoms with Crippen molar-refractivity contribution in [2.45, 2.75) is 13.1 Å². The summed E-state index contributed by atoms with van der Waals surface area (Å²) in [5.41, 5.74) is 6.39. The minimum absolute atomic E-state index is 0.184. The first kappa shape index (κ1) is 13.2. The Hall–Kier alpha value is -2.24. The summed E-state index contributed by atoms with van der Waals surface area (Å²) in [6.07, 6.45) is -1.42. The van der Waals surface area contributed by atoms with Gasteiger partial charge in [0.05, 0.1) is 23.1 Å². The van der Waals surface area contributed by atoms with Crippen LogP contribution in [-0.2, 0) is 6.18 Å². The second kappa shape index (κ2) is 4.79. The molecule has 0 atom stereocenters. The molecule has 0 saturated heterocycles. The Morgan fingerprint density at radius 2 is 1.84 bits per heavy atom. The summed E-state index contributed by atoms with van der Waals surface area (Å²) in [4.78, 5) is 3.86. The number of nitrogen functional groups attached to an aromatic ring is 1. The van der Waals surface area contributed by atoms with Gasteiger partial charge in [-0.2, -0.15) is 13.2 Å². The molecule has 0 bridgehead atoms. The normalized spacial score (nSPS) is 11.4. The van der Waals surface area contributed by atoms with Gasteiger partial charge >= 0.3 is 6.18 Å². The van der Waals surface area contributed by atoms with Crippen molar-refractivity contribution in [3.8, 4) is 0 Å². The maximum atomic E-state index is 12.8. The molecule has 0 radical (unpaired) electrons. The highest BCUT2D eigenvalue weighted by molar-refractivity contribution is 5.63. The highest BCUT2D eigenvalue weighted by Crippen LogP contribution is 2.34. The average Bonchev–Trinajstić information content (AvgIpc) is 2.30. The third-order valence-corrected chi connectivity index (χ3v) is 2.59. The van der Waals surface area contributed by atoms with Crippen LogP contribution in [0, 0.1) is 6.92 Å². The van der Waals surface area contributed by atoms with Gasteiger partial charge in [0, 0.05) is 11.9 Å². The number of aromatic nitrogens is 1. The Morgan fingerprint density at radius 1 is 1.11 bits per heavy atom. The molecule has 0 spiro atoms. The fraction of sp³-hybridized carbons (Fsp3) is 0.154. The Labute approximate surface area is 108 Å². The van der Waals surface area contributed by atoms with Gasteiger partial charge in [0.25, 0.3) is 0 Å². The lowest BCUT2D eigenvalue weighted by Gasteiger charge is -2.13. The van der Waals surface area contributed by atoms with Gasteiger partial charge in [-0.25, -0.2) is 0 Å². The molecule has 6 heteroatoms. The number of pyridine rings is 1. The van der Waals surface area contributed by atoms with Gasteiger partial charge in [0.15, 0.2) is 0 Å². The zero-order valence-electron chi connectivity index (χ0n) is 10.1. The number of nitrogens with two attached hydrogens (primary N) is 1. The molecule has 3 N–H and O–H groups in total. The molecule has 1 heterocycles. The smallest absolute Gasteiger partial charge is 0.397 e. The molecule has 1 aromatic carbocycles. The van der Waals surface area contributed by atoms with Gasteiger partial charge < -0.3 is 11.1 Å². The monoisotopic (exact) mass is 267 g/mol. The highest BCUT2D eigenvalue weighted by atomic mass is 19.4. The summed E-state index contributed by atoms with van der Waals surface area (Å²) >= 11 is 0. The molecule has 0 aliphatic carbocycles. The van der Waals surface area contributed by atoms with Gasteiger partial charge in [-0.05, 0) is 30.7 Å². The fourth-order valence-corrected chi connectivity index (χ4v) is 1.70. The molecule has 2 rings (SSSR count). The van der Waals surface area contributed by atoms with Crippen LogP contribution in [0.15, 0.2) is 36.7 Å². The SMILES string of the molecule is Cc1ccc(Nc2cncc(N)c2)cc1C(F)(F)F. The zero-order valence-corrected chi connectivity index (χ0v) is 10.1. The Bertz CT molecular complexity index is 594. The molecule has 0 unspecified atom stereocenters. The van der Waals surface area contributed by atoms with Crippen LogP contribution in [0.5, 0.6) is 0 Å². The van der Waals surface area contributed by atoms with Crippen LogP contribution < -0.4 is 11.1 Å². The summed E-state index contributed by atoms with van der Waals surface area (Å²) < 4.78 is 38.3. The maximum Gasteiger partial charge on any atom is 0.416 e. The van der Waals surface area contributed by atoms with Crippen LogP contribution in [0.25, 0.3) is 0 Å². The van der Waals surface area contributed by atoms with E-state index in [1.54, 1.807) is 12.1 Å². The molecule has 0 aliphatic heterocycles. The zero-order chi connectivity index (χ0) is 14.0. The van der Waals surface area contributed by atoms with E-state index in [0.717, 1.165) is 6.07 Å². The Kier molecular flexibility index (Phi) is 3.33. The first-order valence-electron chi connectivity index (χ1n) is 5.51. The summed E-state index contributed by atoms with van der Waals surface area (Å²) in [5.74, 6) is 0. The molecular weight excluding hydrogens is 255 g/mol. The minimum atomic E-state index is -4.37. The van der Waals surface area contributed by atoms with Crippen molar-refractivity contribution in [2.24, 2.45) is 0 Å². The van der Waals surface area contributed by atoms with Crippen LogP contribution in [-0.4, -0.2) is 4.98 Å². The van der Waals surface area contributed by atoms with Crippen molar-refractivity contribution in [1.29, 1.82) is 0 Å². The third-order valence-electron chi connectivity index (χ3n) is 2.59. The van der Waals surface area contributed by atoms with Gasteiger partial charge in [-0.3, -0.25) is 4.98 Å². The van der Waals surface area contributed by atoms with Gasteiger partial charge in [0.1, 0.15) is 0 Å². The number of benzene rings is 1. The minimum Gasteiger partial charge on any atom is -0.397 e. The summed E-state index contributed by atoms with van der Waals surface area (Å²) in [7, 11) is 0. The second-order valence-corrected chi connectivity index (χ2v) is 4.16. The maximum absolute atomic E-state index is 12.8. The predicted molar refractivity (Wildman–Crippen MR) is 68.1 cm³/mol. The summed E-state index contributed by atoms with van der Waals surface area (Å²) in [6, 6.07) is 5.66. The number of hydrogen-bond acceptors (Lipinski definition) is 3. The number of nitrogens with one attached hydrogen (secondary N) is 1. The number of aryl methyl sites for hydroxylation is 1. The van der Waals surface area contributed by atoms with Crippen LogP contribution in [0.2, 0.25) is 0 Å². The summed E-state index contributed by atoms with van der Waals surface area (Å²) in [5, 5.41) is 2.84. The van der Waals surface area contributed by atoms with Crippen molar-refractivity contribution in [2.75, 3.05) is 11.1 Å². The van der Waals surface area contributed by atoms with Gasteiger partial charge in [-0.1, -0.05) is 6.07 Å². The van der Waals surface area contributed by atoms with Gasteiger partial charge in [-0.15, -0.1) is 0 Å². The fourth-order valence-electron chi connectivity index (χ4n) is 1.70. The van der Waals surface area contributed by atoms with Crippen LogP contribution in [0.1, 0.15) is 11.1 Å². The largest absolute Gasteiger partial charge is 0.416 e. The average molecular weight is 267 g/mol. The quantitative estimate of drug-likeness (QED) is 0.871. The van der Waals surface area contributed by atoms with E-state index < -0.39 is 11.7 Å². The van der Waals surface area contributed by atoms with E-state index in [-0.39, 0.29) is 5.56 Å². The van der Waals surface area contributed by atoms with E-state index in [9.17, 15) is 13.2 Å². The van der Waals surface area contributed by atoms with Crippen molar-refractivity contribution in [3.05, 3.63) is 47.8 Å². The topological polar surface area (TPSA) is 50.9 Å². The van der Waals surface area contributed by atoms with E-state index in [4.69, 9.17) is 5.73 Å². The standard InChI is InChI=1S/C13H12F3N3/c1-8-2-3-10(5-12(8)13(14,15)16)19-11-4-9(17)6-18-7-11/h2-7,19H,17H2,1H3. The molecule has 0 amide bonds. The van der Waals surface area contributed by atoms with Crippen molar-refractivity contribution in [1.82, 2.24) is 4.98 Å². The molecule has 3 nitrogen and oxygen atoms in total. The molecular formula is C13H12F3N3. The number of alkyl halides is 3. The Balaban J connectivity index is 2.32. The van der Waals surface area contributed by atoms with Gasteiger partial charge in [0.2, 0.25) is 0 Å². The molecule has 0 fully saturated rings. The number of rotatable bonds is 2. The number of anilines is 3. The van der Waals surface area contributed by atoms with E-state index in [2.05, 4.69) is 10.3 Å². The number of halogens is 3. The molecule has 2 aromatic rings. The molecule has 19 heavy (non-hydrogen) atoms. The van der Waals surface area contributed by atoms with E-state index in [0.29, 0.717) is 17.1 Å². The lowest BCUT2D eigenvalue weighted by Crippen LogP contribution is -2.08. The molecule has 100 valence electrons. The Morgan fingerprint density at radius 3 is 2.47 bits per heavy atom. The second-order valence-electron chi connectivity index (χ2n) is 4.16. The van der Waals surface area contributed by atoms with Crippen molar-refractivity contribution < 1.29 is 13.2 Å². The lowest BCUT2D eigenvalue weighted by molar-refractivity contribution is -0.138. The number of hydrogen-bond donors (Lipinski definition) is 2. The van der Waals surface area contributed by atoms with Crippen LogP contribution in [0.4, 0.5) is 30.2 Å². The highest BCUT2D eigenvalue weighted by Gasteiger charge is 2.32. The number of nitrogens with zero attached hydrogens (tertiary/aromatic N) is 1. The van der Waals surface area contributed by atoms with E-state index >= 15 is 0 Å². The molecule has 0 saturated carbocycles. The van der Waals surface area contributed by atoms with Crippen molar-refractivity contribution in [3.63, 3.8) is 0 Å². The third kappa shape index (κ3) is 3.15. The van der Waals surface area contributed by atoms with E-state index in [1.165, 1.54) is 25.4 Å². The molecule has 0 aliphatic rings. The first-order valence-corrected chi connectivity index (χ1v) is 5.51. The van der Waals surface area contributed by atoms with Crippen LogP contribution in [0.3, 0.4) is 0 Å². The predicted octanol–water partition coefficient (Wildman–Crippen LogP) is 3.73. The first-order chi connectivity index (χ1) is 8.86. The summed E-state index contributed by atoms with van der Waals surface area (Å²) in [6.45, 7) is 1.43. The lowest BCUT2D eigenvalue weighted by atomic mass is 10.1. The van der Waals surface area contributed by atoms with Crippen LogP contribution >= 0.6 is 0 Å². The van der Waals surface area contributed by atoms with E-state index in [1.807, 2.05) is 0 Å².